The lowest BCUT2D eigenvalue weighted by molar-refractivity contribution is -0.187. The minimum atomic E-state index is -1.42. The predicted octanol–water partition coefficient (Wildman–Crippen LogP) is 4.42. The summed E-state index contributed by atoms with van der Waals surface area (Å²) in [6.45, 7) is 6.42. The monoisotopic (exact) mass is 566 g/mol. The third kappa shape index (κ3) is 9.98. The largest absolute Gasteiger partial charge is 0.443 e. The van der Waals surface area contributed by atoms with Crippen LogP contribution in [0.25, 0.3) is 0 Å². The molecule has 0 aliphatic rings. The van der Waals surface area contributed by atoms with Crippen molar-refractivity contribution in [2.75, 3.05) is 11.9 Å². The smallest absolute Gasteiger partial charge is 0.442 e. The first-order valence-electron chi connectivity index (χ1n) is 11.4. The molecule has 0 saturated carbocycles. The molecule has 2 aromatic rings. The second kappa shape index (κ2) is 13.2. The number of ketones is 1. The lowest BCUT2D eigenvalue weighted by atomic mass is 10.00. The van der Waals surface area contributed by atoms with Gasteiger partial charge in [0.05, 0.1) is 24.0 Å². The Kier molecular flexibility index (Phi) is 10.6. The van der Waals surface area contributed by atoms with Crippen LogP contribution >= 0.6 is 23.2 Å². The predicted molar refractivity (Wildman–Crippen MR) is 140 cm³/mol. The van der Waals surface area contributed by atoms with Crippen molar-refractivity contribution in [1.82, 2.24) is 10.0 Å². The zero-order valence-corrected chi connectivity index (χ0v) is 22.8. The quantitative estimate of drug-likeness (QED) is 0.270. The van der Waals surface area contributed by atoms with Crippen LogP contribution in [0.3, 0.4) is 0 Å². The highest BCUT2D eigenvalue weighted by Crippen LogP contribution is 2.22. The van der Waals surface area contributed by atoms with Crippen LogP contribution in [0.2, 0.25) is 10.0 Å². The zero-order chi connectivity index (χ0) is 28.6. The van der Waals surface area contributed by atoms with Crippen molar-refractivity contribution in [3.05, 3.63) is 57.8 Å². The Balaban J connectivity index is 2.07. The number of carbonyl (C=O) groups excluding carboxylic acids is 5. The number of nitrogens with two attached hydrogens (primary N) is 1. The minimum absolute atomic E-state index is 0.00923. The number of hydrogen-bond acceptors (Lipinski definition) is 8. The van der Waals surface area contributed by atoms with Gasteiger partial charge in [0.15, 0.2) is 5.78 Å². The number of benzene rings is 1. The first kappa shape index (κ1) is 30.5. The fraction of sp³-hybridized carbons (Fsp3) is 0.360. The van der Waals surface area contributed by atoms with Crippen LogP contribution in [0.4, 0.5) is 10.5 Å². The number of ether oxygens (including phenoxy) is 1. The number of hydrogen-bond donors (Lipinski definition) is 2. The van der Waals surface area contributed by atoms with Crippen LogP contribution in [-0.2, 0) is 19.2 Å². The van der Waals surface area contributed by atoms with E-state index in [0.717, 1.165) is 0 Å². The van der Waals surface area contributed by atoms with Gasteiger partial charge in [0.2, 0.25) is 5.91 Å². The van der Waals surface area contributed by atoms with E-state index in [1.165, 1.54) is 36.7 Å². The number of carbonyl (C=O) groups is 5. The van der Waals surface area contributed by atoms with Crippen molar-refractivity contribution in [3.8, 4) is 0 Å². The lowest BCUT2D eigenvalue weighted by Gasteiger charge is -2.27. The van der Waals surface area contributed by atoms with E-state index in [9.17, 15) is 24.0 Å². The van der Waals surface area contributed by atoms with E-state index in [0.29, 0.717) is 27.1 Å². The minimum Gasteiger partial charge on any atom is -0.442 e. The van der Waals surface area contributed by atoms with Crippen LogP contribution in [-0.4, -0.2) is 51.9 Å². The fourth-order valence-corrected chi connectivity index (χ4v) is 3.57. The number of rotatable bonds is 8. The van der Waals surface area contributed by atoms with Crippen LogP contribution in [0, 0.1) is 5.92 Å². The second-order valence-corrected chi connectivity index (χ2v) is 10.3. The summed E-state index contributed by atoms with van der Waals surface area (Å²) in [6, 6.07) is 5.74. The molecule has 13 heteroatoms. The van der Waals surface area contributed by atoms with E-state index in [-0.39, 0.29) is 35.9 Å². The van der Waals surface area contributed by atoms with E-state index in [1.54, 1.807) is 27.7 Å². The van der Waals surface area contributed by atoms with Crippen LogP contribution < -0.4 is 11.1 Å². The third-order valence-electron chi connectivity index (χ3n) is 4.78. The number of halogens is 2. The molecule has 1 aromatic carbocycles. The molecule has 0 spiro atoms. The van der Waals surface area contributed by atoms with E-state index in [1.807, 2.05) is 0 Å². The normalized spacial score (nSPS) is 11.7. The Bertz CT molecular complexity index is 1210. The first-order valence-corrected chi connectivity index (χ1v) is 12.2. The number of hydroxylamine groups is 2. The fourth-order valence-electron chi connectivity index (χ4n) is 3.04. The molecule has 11 nitrogen and oxygen atoms in total. The molecule has 0 fully saturated rings. The van der Waals surface area contributed by atoms with E-state index >= 15 is 0 Å². The Hall–Kier alpha value is -3.70. The summed E-state index contributed by atoms with van der Waals surface area (Å²) in [6.07, 6.45) is 1.77. The number of pyridine rings is 1. The van der Waals surface area contributed by atoms with Crippen molar-refractivity contribution in [3.63, 3.8) is 0 Å². The standard InChI is InChI=1S/C25H28Cl2N4O7/c1-14(5-6-20(32)15-7-17(26)10-18(27)8-15)13-31(24(36)37-25(2,3)4)38-23(35)22(34)30-19-9-16(21(28)33)11-29-12-19/h7-12,14H,5-6,13H2,1-4H3,(H2,28,33)(H,30,34). The third-order valence-corrected chi connectivity index (χ3v) is 5.22. The SMILES string of the molecule is CC(CCC(=O)c1cc(Cl)cc(Cl)c1)CN(OC(=O)C(=O)Nc1cncc(C(N)=O)c1)C(=O)OC(C)(C)C. The molecular weight excluding hydrogens is 539 g/mol. The average molecular weight is 567 g/mol. The number of nitrogens with one attached hydrogen (secondary N) is 1. The van der Waals surface area contributed by atoms with Crippen molar-refractivity contribution < 1.29 is 33.5 Å². The van der Waals surface area contributed by atoms with Crippen LogP contribution in [0.1, 0.15) is 61.3 Å². The molecule has 0 radical (unpaired) electrons. The molecule has 38 heavy (non-hydrogen) atoms. The van der Waals surface area contributed by atoms with Gasteiger partial charge in [-0.1, -0.05) is 30.1 Å². The van der Waals surface area contributed by atoms with Gasteiger partial charge in [-0.05, 0) is 57.4 Å². The molecule has 3 N–H and O–H groups in total. The number of Topliss-reactive ketones (excluding diaryl/α,β-unsaturated/α-hetero) is 1. The van der Waals surface area contributed by atoms with E-state index in [2.05, 4.69) is 10.3 Å². The molecule has 1 aromatic heterocycles. The van der Waals surface area contributed by atoms with E-state index in [4.69, 9.17) is 38.5 Å². The van der Waals surface area contributed by atoms with Gasteiger partial charge in [-0.15, -0.1) is 5.06 Å². The van der Waals surface area contributed by atoms with Crippen molar-refractivity contribution in [2.45, 2.75) is 46.1 Å². The Morgan fingerprint density at radius 1 is 1.03 bits per heavy atom. The molecule has 0 aliphatic heterocycles. The maximum atomic E-state index is 12.7. The molecule has 3 amide bonds. The molecule has 204 valence electrons. The average Bonchev–Trinajstić information content (AvgIpc) is 2.80. The van der Waals surface area contributed by atoms with Gasteiger partial charge in [0.25, 0.3) is 0 Å². The van der Waals surface area contributed by atoms with Crippen molar-refractivity contribution in [1.29, 1.82) is 0 Å². The Labute approximate surface area is 229 Å². The van der Waals surface area contributed by atoms with Gasteiger partial charge < -0.3 is 20.6 Å². The van der Waals surface area contributed by atoms with Gasteiger partial charge >= 0.3 is 18.0 Å². The zero-order valence-electron chi connectivity index (χ0n) is 21.2. The summed E-state index contributed by atoms with van der Waals surface area (Å²) in [4.78, 5) is 70.2. The number of primary amides is 1. The first-order chi connectivity index (χ1) is 17.6. The Morgan fingerprint density at radius 3 is 2.24 bits per heavy atom. The number of amides is 3. The van der Waals surface area contributed by atoms with Crippen molar-refractivity contribution >= 4 is 58.5 Å². The molecule has 1 heterocycles. The maximum Gasteiger partial charge on any atom is 0.443 e. The van der Waals surface area contributed by atoms with Gasteiger partial charge in [0, 0.05) is 28.2 Å². The molecule has 0 bridgehead atoms. The summed E-state index contributed by atoms with van der Waals surface area (Å²) in [5.41, 5.74) is 4.63. The molecule has 1 unspecified atom stereocenters. The summed E-state index contributed by atoms with van der Waals surface area (Å²) in [5.74, 6) is -4.00. The topological polar surface area (TPSA) is 158 Å². The number of anilines is 1. The lowest BCUT2D eigenvalue weighted by Crippen LogP contribution is -2.42. The van der Waals surface area contributed by atoms with Crippen LogP contribution in [0.15, 0.2) is 36.7 Å². The number of aromatic nitrogens is 1. The molecule has 2 rings (SSSR count). The highest BCUT2D eigenvalue weighted by atomic mass is 35.5. The molecule has 0 aliphatic carbocycles. The highest BCUT2D eigenvalue weighted by Gasteiger charge is 2.30. The van der Waals surface area contributed by atoms with Gasteiger partial charge in [0.1, 0.15) is 5.60 Å². The second-order valence-electron chi connectivity index (χ2n) is 9.43. The molecule has 1 atom stereocenters. The summed E-state index contributed by atoms with van der Waals surface area (Å²) in [7, 11) is 0. The summed E-state index contributed by atoms with van der Waals surface area (Å²) in [5, 5.41) is 3.50. The molecule has 0 saturated heterocycles. The Morgan fingerprint density at radius 2 is 1.66 bits per heavy atom. The summed E-state index contributed by atoms with van der Waals surface area (Å²) >= 11 is 11.9. The molecular formula is C25H28Cl2N4O7. The highest BCUT2D eigenvalue weighted by molar-refractivity contribution is 6.37. The van der Waals surface area contributed by atoms with Gasteiger partial charge in [-0.25, -0.2) is 9.59 Å². The maximum absolute atomic E-state index is 12.7. The van der Waals surface area contributed by atoms with E-state index < -0.39 is 29.5 Å². The van der Waals surface area contributed by atoms with Gasteiger partial charge in [-0.3, -0.25) is 19.4 Å². The number of nitrogens with zero attached hydrogens (tertiary/aromatic N) is 2. The van der Waals surface area contributed by atoms with Crippen molar-refractivity contribution in [2.24, 2.45) is 11.7 Å². The van der Waals surface area contributed by atoms with Gasteiger partial charge in [-0.2, -0.15) is 0 Å². The van der Waals surface area contributed by atoms with Crippen LogP contribution in [0.5, 0.6) is 0 Å². The summed E-state index contributed by atoms with van der Waals surface area (Å²) < 4.78 is 5.28.